The number of carbonyl (C=O) groups is 6. The highest BCUT2D eigenvalue weighted by molar-refractivity contribution is 6.26. The number of para-hydroxylation sites is 2. The molecule has 1 atom stereocenters. The van der Waals surface area contributed by atoms with E-state index in [2.05, 4.69) is 31.6 Å². The third-order valence-electron chi connectivity index (χ3n) is 12.2. The molecule has 2 saturated heterocycles. The van der Waals surface area contributed by atoms with Crippen molar-refractivity contribution in [2.45, 2.75) is 109 Å². The number of halogens is 1. The number of piperidine rings is 1. The van der Waals surface area contributed by atoms with Crippen LogP contribution in [0.1, 0.15) is 91.5 Å². The van der Waals surface area contributed by atoms with Gasteiger partial charge < -0.3 is 28.7 Å². The first-order valence-electron chi connectivity index (χ1n) is 22.8. The lowest BCUT2D eigenvalue weighted by atomic mass is 9.80. The van der Waals surface area contributed by atoms with E-state index in [0.29, 0.717) is 53.8 Å². The highest BCUT2D eigenvalue weighted by Crippen LogP contribution is 2.45. The summed E-state index contributed by atoms with van der Waals surface area (Å²) in [5.41, 5.74) is 1.80. The van der Waals surface area contributed by atoms with Gasteiger partial charge in [-0.15, -0.1) is 21.8 Å². The number of benzene rings is 2. The second-order valence-electron chi connectivity index (χ2n) is 19.2. The zero-order chi connectivity index (χ0) is 48.5. The quantitative estimate of drug-likeness (QED) is 0.0788. The van der Waals surface area contributed by atoms with Crippen molar-refractivity contribution in [2.75, 3.05) is 53.8 Å². The van der Waals surface area contributed by atoms with E-state index in [0.717, 1.165) is 42.7 Å². The average Bonchev–Trinajstić information content (AvgIpc) is 3.78. The van der Waals surface area contributed by atoms with E-state index >= 15 is 0 Å². The first-order chi connectivity index (χ1) is 32.4. The fourth-order valence-electron chi connectivity index (χ4n) is 9.20. The number of carbonyl (C=O) groups excluding carboxylic acids is 6. The predicted octanol–water partition coefficient (Wildman–Crippen LogP) is 6.85. The molecule has 0 bridgehead atoms. The molecule has 4 aliphatic rings. The zero-order valence-electron chi connectivity index (χ0n) is 39.0. The Hall–Kier alpha value is -6.60. The fraction of sp³-hybridized carbons (Fsp3) is 0.479. The number of esters is 1. The Morgan fingerprint density at radius 1 is 0.853 bits per heavy atom. The molecular weight excluding hydrogens is 898 g/mol. The molecule has 0 spiro atoms. The van der Waals surface area contributed by atoms with E-state index in [9.17, 15) is 28.8 Å². The smallest absolute Gasteiger partial charge is 0.424 e. The zero-order valence-corrected chi connectivity index (χ0v) is 39.8. The summed E-state index contributed by atoms with van der Waals surface area (Å²) in [6, 6.07) is 13.9. The summed E-state index contributed by atoms with van der Waals surface area (Å²) < 4.78 is 24.2. The number of imide groups is 3. The highest BCUT2D eigenvalue weighted by atomic mass is 35.5. The summed E-state index contributed by atoms with van der Waals surface area (Å²) in [5.74, 6) is -1.05. The monoisotopic (exact) mass is 953 g/mol. The Kier molecular flexibility index (Phi) is 13.8. The number of hydrogen-bond acceptors (Lipinski definition) is 15. The maximum atomic E-state index is 13.9. The first-order valence-corrected chi connectivity index (χ1v) is 23.4. The SMILES string of the molecule is CC(C)(C)OC(=O)Nc1nnc(-c2ccccc2OC(=O)CCl)cc1-n1cc(N2CCN(C3CCC(c4cccc5c4OCCN5[C@H]4CCC(=O)N(C(=O)OC(C)(C)C)C4=O)CC3)CC2=O)cn1. The van der Waals surface area contributed by atoms with Crippen LogP contribution >= 0.6 is 11.6 Å². The third kappa shape index (κ3) is 10.6. The van der Waals surface area contributed by atoms with Crippen LogP contribution in [0.15, 0.2) is 60.9 Å². The van der Waals surface area contributed by atoms with E-state index < -0.39 is 47.2 Å². The van der Waals surface area contributed by atoms with Gasteiger partial charge in [-0.2, -0.15) is 10.00 Å². The molecule has 0 radical (unpaired) electrons. The van der Waals surface area contributed by atoms with E-state index in [1.165, 1.54) is 4.68 Å². The summed E-state index contributed by atoms with van der Waals surface area (Å²) in [4.78, 5) is 85.1. The van der Waals surface area contributed by atoms with Gasteiger partial charge in [-0.05, 0) is 109 Å². The maximum absolute atomic E-state index is 13.9. The van der Waals surface area contributed by atoms with Crippen LogP contribution in [0.4, 0.5) is 26.8 Å². The Morgan fingerprint density at radius 2 is 1.60 bits per heavy atom. The van der Waals surface area contributed by atoms with Crippen LogP contribution in [0.25, 0.3) is 16.9 Å². The Morgan fingerprint density at radius 3 is 2.32 bits per heavy atom. The Bertz CT molecular complexity index is 2600. The van der Waals surface area contributed by atoms with E-state index in [4.69, 9.17) is 30.5 Å². The lowest BCUT2D eigenvalue weighted by molar-refractivity contribution is -0.147. The molecule has 4 aromatic rings. The molecule has 19 nitrogen and oxygen atoms in total. The summed E-state index contributed by atoms with van der Waals surface area (Å²) in [7, 11) is 0. The molecule has 1 aliphatic carbocycles. The number of hydrogen-bond donors (Lipinski definition) is 1. The average molecular weight is 954 g/mol. The molecule has 3 aliphatic heterocycles. The van der Waals surface area contributed by atoms with Crippen LogP contribution in [0.5, 0.6) is 11.5 Å². The van der Waals surface area contributed by atoms with Gasteiger partial charge in [-0.1, -0.05) is 24.3 Å². The summed E-state index contributed by atoms with van der Waals surface area (Å²) in [6.07, 6.45) is 5.36. The highest BCUT2D eigenvalue weighted by Gasteiger charge is 2.45. The first kappa shape index (κ1) is 47.9. The van der Waals surface area contributed by atoms with Gasteiger partial charge in [0.2, 0.25) is 11.8 Å². The van der Waals surface area contributed by atoms with Crippen molar-refractivity contribution in [3.05, 3.63) is 66.5 Å². The number of fused-ring (bicyclic) bond motifs is 1. The standard InChI is InChI=1S/C48H56ClN9O10/c1-47(2,3)67-45(63)51-43-37(24-34(52-53-43)33-10-7-8-13-38(33)66-41(61)25-49)57-27-31(26-50-57)55-21-20-54(28-40(55)60)30-16-14-29(15-17-30)32-11-9-12-35-42(32)65-23-22-56(35)36-18-19-39(59)58(44(36)62)46(64)68-48(4,5)6/h7-13,24,26-27,29-30,36H,14-23,25,28H2,1-6H3,(H,51,53,63)/t29?,30?,36-/m0/s1. The molecular formula is C48H56ClN9O10. The van der Waals surface area contributed by atoms with Crippen LogP contribution in [-0.2, 0) is 28.7 Å². The van der Waals surface area contributed by atoms with E-state index in [1.54, 1.807) is 89.2 Å². The molecule has 3 fully saturated rings. The predicted molar refractivity (Wildman–Crippen MR) is 250 cm³/mol. The van der Waals surface area contributed by atoms with Crippen molar-refractivity contribution in [1.29, 1.82) is 0 Å². The second kappa shape index (κ2) is 19.6. The van der Waals surface area contributed by atoms with Gasteiger partial charge in [0.1, 0.15) is 46.9 Å². The second-order valence-corrected chi connectivity index (χ2v) is 19.5. The van der Waals surface area contributed by atoms with Crippen molar-refractivity contribution >= 4 is 64.7 Å². The number of ether oxygens (including phenoxy) is 4. The van der Waals surface area contributed by atoms with E-state index in [1.807, 2.05) is 17.0 Å². The Labute approximate surface area is 398 Å². The van der Waals surface area contributed by atoms with E-state index in [-0.39, 0.29) is 54.7 Å². The molecule has 20 heteroatoms. The number of piperazine rings is 1. The topological polar surface area (TPSA) is 208 Å². The third-order valence-corrected chi connectivity index (χ3v) is 12.4. The van der Waals surface area contributed by atoms with Gasteiger partial charge in [-0.3, -0.25) is 29.4 Å². The van der Waals surface area contributed by atoms with Gasteiger partial charge in [0.05, 0.1) is 42.6 Å². The van der Waals surface area contributed by atoms with Gasteiger partial charge >= 0.3 is 18.2 Å². The summed E-state index contributed by atoms with van der Waals surface area (Å²) >= 11 is 5.71. The van der Waals surface area contributed by atoms with Crippen molar-refractivity contribution < 1.29 is 47.7 Å². The molecule has 2 aromatic heterocycles. The lowest BCUT2D eigenvalue weighted by Gasteiger charge is -2.43. The minimum atomic E-state index is -0.955. The Balaban J connectivity index is 0.933. The minimum absolute atomic E-state index is 0.0424. The molecule has 360 valence electrons. The van der Waals surface area contributed by atoms with Gasteiger partial charge in [0.25, 0.3) is 5.91 Å². The summed E-state index contributed by atoms with van der Waals surface area (Å²) in [6.45, 7) is 12.4. The molecule has 8 rings (SSSR count). The number of nitrogens with one attached hydrogen (secondary N) is 1. The molecule has 1 N–H and O–H groups in total. The molecule has 2 aromatic carbocycles. The van der Waals surface area contributed by atoms with Crippen molar-refractivity contribution in [3.8, 4) is 28.4 Å². The van der Waals surface area contributed by atoms with Crippen LogP contribution in [-0.4, -0.2) is 128 Å². The molecule has 1 saturated carbocycles. The van der Waals surface area contributed by atoms with Crippen molar-refractivity contribution in [1.82, 2.24) is 29.8 Å². The number of anilines is 3. The van der Waals surface area contributed by atoms with Crippen LogP contribution in [0.3, 0.4) is 0 Å². The van der Waals surface area contributed by atoms with Crippen molar-refractivity contribution in [3.63, 3.8) is 0 Å². The number of aromatic nitrogens is 4. The number of amides is 5. The normalized spacial score (nSPS) is 20.4. The summed E-state index contributed by atoms with van der Waals surface area (Å²) in [5, 5.41) is 15.9. The number of rotatable bonds is 9. The number of likely N-dealkylation sites (tertiary alicyclic amines) is 1. The molecule has 68 heavy (non-hydrogen) atoms. The lowest BCUT2D eigenvalue weighted by Crippen LogP contribution is -2.58. The number of nitrogens with zero attached hydrogens (tertiary/aromatic N) is 8. The fourth-order valence-corrected chi connectivity index (χ4v) is 9.25. The maximum Gasteiger partial charge on any atom is 0.424 e. The minimum Gasteiger partial charge on any atom is -0.489 e. The molecule has 0 unspecified atom stereocenters. The van der Waals surface area contributed by atoms with Crippen LogP contribution in [0, 0.1) is 0 Å². The van der Waals surface area contributed by atoms with Gasteiger partial charge in [0, 0.05) is 31.1 Å². The van der Waals surface area contributed by atoms with Crippen molar-refractivity contribution in [2.24, 2.45) is 0 Å². The molecule has 5 amide bonds. The number of alkyl halides is 1. The largest absolute Gasteiger partial charge is 0.489 e. The van der Waals surface area contributed by atoms with Crippen LogP contribution < -0.4 is 24.6 Å². The molecule has 5 heterocycles. The van der Waals surface area contributed by atoms with Gasteiger partial charge in [0.15, 0.2) is 5.82 Å². The van der Waals surface area contributed by atoms with Crippen LogP contribution in [0.2, 0.25) is 0 Å². The van der Waals surface area contributed by atoms with Gasteiger partial charge in [-0.25, -0.2) is 14.3 Å².